The second kappa shape index (κ2) is 7.29. The number of nitrogens with zero attached hydrogens (tertiary/aromatic N) is 4. The van der Waals surface area contributed by atoms with Gasteiger partial charge in [0.05, 0.1) is 14.2 Å². The van der Waals surface area contributed by atoms with Gasteiger partial charge in [-0.05, 0) is 58.2 Å². The molecule has 2 aromatic carbocycles. The zero-order valence-corrected chi connectivity index (χ0v) is 16.7. The lowest BCUT2D eigenvalue weighted by Crippen LogP contribution is -2.33. The minimum atomic E-state index is -0.360. The Hall–Kier alpha value is -3.68. The van der Waals surface area contributed by atoms with Crippen molar-refractivity contribution in [3.05, 3.63) is 70.9 Å². The third-order valence-electron chi connectivity index (χ3n) is 5.80. The molecule has 152 valence electrons. The van der Waals surface area contributed by atoms with Crippen LogP contribution >= 0.6 is 0 Å². The molecule has 0 saturated heterocycles. The van der Waals surface area contributed by atoms with Gasteiger partial charge < -0.3 is 14.8 Å². The van der Waals surface area contributed by atoms with Crippen molar-refractivity contribution >= 4 is 11.7 Å². The molecule has 3 aromatic rings. The van der Waals surface area contributed by atoms with Crippen molar-refractivity contribution in [2.24, 2.45) is 0 Å². The number of anilines is 1. The Balaban J connectivity index is 1.54. The Kier molecular flexibility index (Phi) is 4.46. The quantitative estimate of drug-likeness (QED) is 0.716. The van der Waals surface area contributed by atoms with E-state index in [2.05, 4.69) is 20.8 Å². The normalized spacial score (nSPS) is 20.3. The molecule has 1 aliphatic heterocycles. The number of carbonyl (C=O) groups is 1. The maximum Gasteiger partial charge on any atom is 0.248 e. The summed E-state index contributed by atoms with van der Waals surface area (Å²) in [6.07, 6.45) is 1.16. The van der Waals surface area contributed by atoms with Crippen molar-refractivity contribution in [3.8, 4) is 11.5 Å². The molecule has 8 nitrogen and oxygen atoms in total. The number of methoxy groups -OCH3 is 2. The predicted octanol–water partition coefficient (Wildman–Crippen LogP) is 3.11. The molecular weight excluding hydrogens is 382 g/mol. The van der Waals surface area contributed by atoms with Crippen LogP contribution in [0.25, 0.3) is 0 Å². The van der Waals surface area contributed by atoms with Crippen molar-refractivity contribution in [1.29, 1.82) is 0 Å². The van der Waals surface area contributed by atoms with Gasteiger partial charge >= 0.3 is 0 Å². The van der Waals surface area contributed by atoms with Crippen LogP contribution < -0.4 is 14.8 Å². The highest BCUT2D eigenvalue weighted by Gasteiger charge is 2.39. The molecule has 0 spiro atoms. The number of tetrazole rings is 1. The smallest absolute Gasteiger partial charge is 0.248 e. The Morgan fingerprint density at radius 1 is 0.933 bits per heavy atom. The van der Waals surface area contributed by atoms with E-state index in [-0.39, 0.29) is 17.7 Å². The van der Waals surface area contributed by atoms with Crippen molar-refractivity contribution in [1.82, 2.24) is 20.2 Å². The van der Waals surface area contributed by atoms with E-state index in [0.29, 0.717) is 18.8 Å². The van der Waals surface area contributed by atoms with Crippen LogP contribution in [-0.2, 0) is 4.79 Å². The average Bonchev–Trinajstić information content (AvgIpc) is 3.26. The Labute approximate surface area is 173 Å². The van der Waals surface area contributed by atoms with E-state index in [1.807, 2.05) is 48.5 Å². The van der Waals surface area contributed by atoms with Gasteiger partial charge in [0.1, 0.15) is 17.5 Å². The monoisotopic (exact) mass is 403 g/mol. The number of hydrogen-bond acceptors (Lipinski definition) is 7. The highest BCUT2D eigenvalue weighted by molar-refractivity contribution is 6.00. The van der Waals surface area contributed by atoms with Crippen LogP contribution in [0, 0.1) is 0 Å². The summed E-state index contributed by atoms with van der Waals surface area (Å²) in [6.45, 7) is 0. The fraction of sp³-hybridized carbons (Fsp3) is 0.273. The molecule has 30 heavy (non-hydrogen) atoms. The molecule has 0 bridgehead atoms. The van der Waals surface area contributed by atoms with Crippen LogP contribution in [-0.4, -0.2) is 40.2 Å². The van der Waals surface area contributed by atoms with E-state index in [4.69, 9.17) is 9.47 Å². The SMILES string of the molecule is COc1ccc([C@@H]2CC(=O)C3=C(C2)Nc2nnnn2[C@H]3c2ccc(OC)cc2)cc1. The summed E-state index contributed by atoms with van der Waals surface area (Å²) in [7, 11) is 3.27. The highest BCUT2D eigenvalue weighted by atomic mass is 16.5. The lowest BCUT2D eigenvalue weighted by molar-refractivity contribution is -0.116. The van der Waals surface area contributed by atoms with Crippen LogP contribution in [0.3, 0.4) is 0 Å². The number of benzene rings is 2. The summed E-state index contributed by atoms with van der Waals surface area (Å²) >= 11 is 0. The minimum Gasteiger partial charge on any atom is -0.497 e. The van der Waals surface area contributed by atoms with Gasteiger partial charge in [0.2, 0.25) is 5.95 Å². The fourth-order valence-corrected chi connectivity index (χ4v) is 4.28. The van der Waals surface area contributed by atoms with Gasteiger partial charge in [-0.1, -0.05) is 29.4 Å². The van der Waals surface area contributed by atoms with E-state index >= 15 is 0 Å². The number of ketones is 1. The van der Waals surface area contributed by atoms with E-state index in [9.17, 15) is 4.79 Å². The molecule has 2 heterocycles. The summed E-state index contributed by atoms with van der Waals surface area (Å²) in [4.78, 5) is 13.3. The third-order valence-corrected chi connectivity index (χ3v) is 5.80. The highest BCUT2D eigenvalue weighted by Crippen LogP contribution is 2.43. The number of ether oxygens (including phenoxy) is 2. The molecular formula is C22H21N5O3. The van der Waals surface area contributed by atoms with Gasteiger partial charge in [0.25, 0.3) is 0 Å². The molecule has 1 aliphatic carbocycles. The first-order valence-electron chi connectivity index (χ1n) is 9.77. The van der Waals surface area contributed by atoms with Crippen LogP contribution in [0.5, 0.6) is 11.5 Å². The van der Waals surface area contributed by atoms with E-state index in [1.54, 1.807) is 18.9 Å². The molecule has 2 atom stereocenters. The van der Waals surface area contributed by atoms with Crippen molar-refractivity contribution in [2.75, 3.05) is 19.5 Å². The summed E-state index contributed by atoms with van der Waals surface area (Å²) in [5.41, 5.74) is 3.66. The second-order valence-electron chi connectivity index (χ2n) is 7.44. The molecule has 1 aromatic heterocycles. The van der Waals surface area contributed by atoms with Gasteiger partial charge in [-0.3, -0.25) is 4.79 Å². The number of fused-ring (bicyclic) bond motifs is 1. The van der Waals surface area contributed by atoms with E-state index in [0.717, 1.165) is 33.9 Å². The first-order chi connectivity index (χ1) is 14.7. The van der Waals surface area contributed by atoms with Gasteiger partial charge in [-0.25, -0.2) is 0 Å². The number of Topliss-reactive ketones (excluding diaryl/α,β-unsaturated/α-hetero) is 1. The minimum absolute atomic E-state index is 0.0913. The molecule has 5 rings (SSSR count). The summed E-state index contributed by atoms with van der Waals surface area (Å²) in [5.74, 6) is 2.29. The van der Waals surface area contributed by atoms with Gasteiger partial charge in [0.15, 0.2) is 5.78 Å². The van der Waals surface area contributed by atoms with Crippen LogP contribution in [0.15, 0.2) is 59.8 Å². The molecule has 1 N–H and O–H groups in total. The Bertz CT molecular complexity index is 1120. The summed E-state index contributed by atoms with van der Waals surface area (Å²) in [6, 6.07) is 15.2. The standard InChI is InChI=1S/C22H21N5O3/c1-29-16-7-3-13(4-8-16)15-11-18-20(19(28)12-15)21(27-22(23-18)24-25-26-27)14-5-9-17(30-2)10-6-14/h3-10,15,21H,11-12H2,1-2H3,(H,23,24,26)/t15-,21-/m0/s1. The number of nitrogens with one attached hydrogen (secondary N) is 1. The van der Waals surface area contributed by atoms with Gasteiger partial charge in [0, 0.05) is 17.7 Å². The van der Waals surface area contributed by atoms with E-state index < -0.39 is 0 Å². The second-order valence-corrected chi connectivity index (χ2v) is 7.44. The molecule has 8 heteroatoms. The summed E-state index contributed by atoms with van der Waals surface area (Å²) < 4.78 is 12.2. The molecule has 2 aliphatic rings. The van der Waals surface area contributed by atoms with Crippen LogP contribution in [0.4, 0.5) is 5.95 Å². The average molecular weight is 403 g/mol. The lowest BCUT2D eigenvalue weighted by atomic mass is 9.78. The number of allylic oxidation sites excluding steroid dienone is 2. The van der Waals surface area contributed by atoms with Crippen LogP contribution in [0.2, 0.25) is 0 Å². The Morgan fingerprint density at radius 2 is 1.57 bits per heavy atom. The zero-order chi connectivity index (χ0) is 20.7. The van der Waals surface area contributed by atoms with E-state index in [1.165, 1.54) is 0 Å². The third kappa shape index (κ3) is 3.01. The molecule has 0 amide bonds. The lowest BCUT2D eigenvalue weighted by Gasteiger charge is -2.34. The predicted molar refractivity (Wildman–Crippen MR) is 110 cm³/mol. The number of hydrogen-bond donors (Lipinski definition) is 1. The van der Waals surface area contributed by atoms with Crippen molar-refractivity contribution in [2.45, 2.75) is 24.8 Å². The molecule has 0 radical (unpaired) electrons. The summed E-state index contributed by atoms with van der Waals surface area (Å²) in [5, 5.41) is 15.4. The van der Waals surface area contributed by atoms with Crippen molar-refractivity contribution < 1.29 is 14.3 Å². The molecule has 0 fully saturated rings. The van der Waals surface area contributed by atoms with Gasteiger partial charge in [-0.2, -0.15) is 4.68 Å². The maximum atomic E-state index is 13.3. The first kappa shape index (κ1) is 18.4. The van der Waals surface area contributed by atoms with Crippen molar-refractivity contribution in [3.63, 3.8) is 0 Å². The first-order valence-corrected chi connectivity index (χ1v) is 9.77. The zero-order valence-electron chi connectivity index (χ0n) is 16.7. The largest absolute Gasteiger partial charge is 0.497 e. The Morgan fingerprint density at radius 3 is 2.20 bits per heavy atom. The van der Waals surface area contributed by atoms with Crippen LogP contribution in [0.1, 0.15) is 35.9 Å². The number of rotatable bonds is 4. The molecule has 0 saturated carbocycles. The number of carbonyl (C=O) groups excluding carboxylic acids is 1. The number of aromatic nitrogens is 4. The molecule has 0 unspecified atom stereocenters. The van der Waals surface area contributed by atoms with Gasteiger partial charge in [-0.15, -0.1) is 0 Å². The maximum absolute atomic E-state index is 13.3. The topological polar surface area (TPSA) is 91.2 Å². The fourth-order valence-electron chi connectivity index (χ4n) is 4.28.